The standard InChI is InChI=1S/C11H17ClN4/c1-16-6-2-3-9(8-16)7-14-10-4-5-13-11(12)15-10/h4-5,9H,2-3,6-8H2,1H3,(H,13,14,15). The monoisotopic (exact) mass is 240 g/mol. The van der Waals surface area contributed by atoms with E-state index in [0.29, 0.717) is 11.2 Å². The molecular formula is C11H17ClN4. The van der Waals surface area contributed by atoms with Crippen LogP contribution < -0.4 is 5.32 Å². The van der Waals surface area contributed by atoms with Crippen molar-refractivity contribution in [2.24, 2.45) is 5.92 Å². The van der Waals surface area contributed by atoms with Crippen molar-refractivity contribution in [1.82, 2.24) is 14.9 Å². The van der Waals surface area contributed by atoms with Crippen molar-refractivity contribution in [1.29, 1.82) is 0 Å². The van der Waals surface area contributed by atoms with Crippen LogP contribution in [0.15, 0.2) is 12.3 Å². The summed E-state index contributed by atoms with van der Waals surface area (Å²) in [6.07, 6.45) is 4.24. The maximum absolute atomic E-state index is 5.72. The molecule has 0 radical (unpaired) electrons. The number of rotatable bonds is 3. The van der Waals surface area contributed by atoms with Gasteiger partial charge < -0.3 is 10.2 Å². The zero-order valence-electron chi connectivity index (χ0n) is 9.49. The molecule has 0 saturated carbocycles. The number of hydrogen-bond donors (Lipinski definition) is 1. The van der Waals surface area contributed by atoms with E-state index in [-0.39, 0.29) is 0 Å². The van der Waals surface area contributed by atoms with Crippen LogP contribution in [0.1, 0.15) is 12.8 Å². The van der Waals surface area contributed by atoms with Gasteiger partial charge in [0.1, 0.15) is 5.82 Å². The van der Waals surface area contributed by atoms with Crippen molar-refractivity contribution in [2.75, 3.05) is 32.0 Å². The third-order valence-electron chi connectivity index (χ3n) is 2.92. The van der Waals surface area contributed by atoms with Crippen molar-refractivity contribution in [3.8, 4) is 0 Å². The Bertz CT molecular complexity index is 345. The van der Waals surface area contributed by atoms with Crippen molar-refractivity contribution in [2.45, 2.75) is 12.8 Å². The summed E-state index contributed by atoms with van der Waals surface area (Å²) < 4.78 is 0. The average molecular weight is 241 g/mol. The predicted molar refractivity (Wildman–Crippen MR) is 65.8 cm³/mol. The molecule has 1 aromatic rings. The molecule has 16 heavy (non-hydrogen) atoms. The van der Waals surface area contributed by atoms with Gasteiger partial charge in [0.15, 0.2) is 0 Å². The van der Waals surface area contributed by atoms with E-state index in [1.165, 1.54) is 19.4 Å². The third-order valence-corrected chi connectivity index (χ3v) is 3.10. The van der Waals surface area contributed by atoms with E-state index >= 15 is 0 Å². The topological polar surface area (TPSA) is 41.0 Å². The van der Waals surface area contributed by atoms with E-state index < -0.39 is 0 Å². The van der Waals surface area contributed by atoms with Crippen molar-refractivity contribution in [3.05, 3.63) is 17.5 Å². The first-order valence-corrected chi connectivity index (χ1v) is 6.03. The first-order chi connectivity index (χ1) is 7.74. The molecule has 0 aromatic carbocycles. The fourth-order valence-electron chi connectivity index (χ4n) is 2.12. The van der Waals surface area contributed by atoms with E-state index in [1.807, 2.05) is 6.07 Å². The Kier molecular flexibility index (Phi) is 3.96. The molecule has 2 rings (SSSR count). The summed E-state index contributed by atoms with van der Waals surface area (Å²) >= 11 is 5.72. The van der Waals surface area contributed by atoms with Gasteiger partial charge in [-0.1, -0.05) is 0 Å². The van der Waals surface area contributed by atoms with Crippen LogP contribution in [0.3, 0.4) is 0 Å². The molecule has 1 fully saturated rings. The smallest absolute Gasteiger partial charge is 0.224 e. The number of nitrogens with one attached hydrogen (secondary N) is 1. The summed E-state index contributed by atoms with van der Waals surface area (Å²) in [6.45, 7) is 3.33. The van der Waals surface area contributed by atoms with Crippen molar-refractivity contribution < 1.29 is 0 Å². The lowest BCUT2D eigenvalue weighted by Crippen LogP contribution is -2.35. The van der Waals surface area contributed by atoms with Crippen LogP contribution in [0.5, 0.6) is 0 Å². The van der Waals surface area contributed by atoms with Crippen LogP contribution in [0.4, 0.5) is 5.82 Å². The first-order valence-electron chi connectivity index (χ1n) is 5.65. The molecular weight excluding hydrogens is 224 g/mol. The van der Waals surface area contributed by atoms with Crippen LogP contribution >= 0.6 is 11.6 Å². The number of piperidine rings is 1. The summed E-state index contributed by atoms with van der Waals surface area (Å²) in [4.78, 5) is 10.3. The highest BCUT2D eigenvalue weighted by atomic mass is 35.5. The van der Waals surface area contributed by atoms with Gasteiger partial charge in [-0.15, -0.1) is 0 Å². The van der Waals surface area contributed by atoms with E-state index in [1.54, 1.807) is 6.20 Å². The molecule has 0 spiro atoms. The fraction of sp³-hybridized carbons (Fsp3) is 0.636. The van der Waals surface area contributed by atoms with E-state index in [2.05, 4.69) is 27.2 Å². The summed E-state index contributed by atoms with van der Waals surface area (Å²) in [5.74, 6) is 1.51. The second-order valence-electron chi connectivity index (χ2n) is 4.36. The van der Waals surface area contributed by atoms with E-state index in [9.17, 15) is 0 Å². The molecule has 0 bridgehead atoms. The van der Waals surface area contributed by atoms with Crippen LogP contribution in [0, 0.1) is 5.92 Å². The Morgan fingerprint density at radius 2 is 2.50 bits per heavy atom. The zero-order valence-corrected chi connectivity index (χ0v) is 10.2. The Balaban J connectivity index is 1.82. The second-order valence-corrected chi connectivity index (χ2v) is 4.70. The van der Waals surface area contributed by atoms with Gasteiger partial charge in [0.25, 0.3) is 0 Å². The van der Waals surface area contributed by atoms with Gasteiger partial charge in [-0.05, 0) is 50.0 Å². The number of hydrogen-bond acceptors (Lipinski definition) is 4. The minimum Gasteiger partial charge on any atom is -0.370 e. The maximum Gasteiger partial charge on any atom is 0.224 e. The van der Waals surface area contributed by atoms with Crippen LogP contribution in [0.2, 0.25) is 5.28 Å². The van der Waals surface area contributed by atoms with Crippen molar-refractivity contribution >= 4 is 17.4 Å². The molecule has 4 nitrogen and oxygen atoms in total. The lowest BCUT2D eigenvalue weighted by Gasteiger charge is -2.29. The first kappa shape index (κ1) is 11.6. The normalized spacial score (nSPS) is 22.0. The zero-order chi connectivity index (χ0) is 11.4. The minimum atomic E-state index is 0.297. The molecule has 1 N–H and O–H groups in total. The SMILES string of the molecule is CN1CCCC(CNc2ccnc(Cl)n2)C1. The van der Waals surface area contributed by atoms with Gasteiger partial charge in [0.05, 0.1) is 0 Å². The van der Waals surface area contributed by atoms with Gasteiger partial charge in [-0.2, -0.15) is 0 Å². The Morgan fingerprint density at radius 1 is 1.62 bits per heavy atom. The number of halogens is 1. The lowest BCUT2D eigenvalue weighted by atomic mass is 9.98. The molecule has 88 valence electrons. The quantitative estimate of drug-likeness (QED) is 0.820. The van der Waals surface area contributed by atoms with E-state index in [0.717, 1.165) is 18.9 Å². The van der Waals surface area contributed by atoms with Crippen LogP contribution in [-0.2, 0) is 0 Å². The molecule has 1 atom stereocenters. The summed E-state index contributed by atoms with van der Waals surface area (Å²) in [7, 11) is 2.17. The van der Waals surface area contributed by atoms with Crippen LogP contribution in [-0.4, -0.2) is 41.5 Å². The van der Waals surface area contributed by atoms with Gasteiger partial charge in [-0.25, -0.2) is 9.97 Å². The van der Waals surface area contributed by atoms with Gasteiger partial charge >= 0.3 is 0 Å². The summed E-state index contributed by atoms with van der Waals surface area (Å²) in [5, 5.41) is 3.61. The highest BCUT2D eigenvalue weighted by Crippen LogP contribution is 2.15. The van der Waals surface area contributed by atoms with Gasteiger partial charge in [0, 0.05) is 19.3 Å². The number of anilines is 1. The van der Waals surface area contributed by atoms with Gasteiger partial charge in [-0.3, -0.25) is 0 Å². The summed E-state index contributed by atoms with van der Waals surface area (Å²) in [5.41, 5.74) is 0. The number of likely N-dealkylation sites (tertiary alicyclic amines) is 1. The second kappa shape index (κ2) is 5.46. The lowest BCUT2D eigenvalue weighted by molar-refractivity contribution is 0.217. The minimum absolute atomic E-state index is 0.297. The van der Waals surface area contributed by atoms with Crippen LogP contribution in [0.25, 0.3) is 0 Å². The number of aromatic nitrogens is 2. The van der Waals surface area contributed by atoms with Gasteiger partial charge in [0.2, 0.25) is 5.28 Å². The average Bonchev–Trinajstić information content (AvgIpc) is 2.27. The fourth-order valence-corrected chi connectivity index (χ4v) is 2.27. The Morgan fingerprint density at radius 3 is 3.25 bits per heavy atom. The molecule has 1 saturated heterocycles. The molecule has 1 unspecified atom stereocenters. The molecule has 1 aliphatic heterocycles. The Labute approximate surface area is 101 Å². The maximum atomic E-state index is 5.72. The highest BCUT2D eigenvalue weighted by molar-refractivity contribution is 6.28. The molecule has 5 heteroatoms. The molecule has 1 aromatic heterocycles. The third kappa shape index (κ3) is 3.32. The summed E-state index contributed by atoms with van der Waals surface area (Å²) in [6, 6.07) is 1.85. The van der Waals surface area contributed by atoms with Crippen molar-refractivity contribution in [3.63, 3.8) is 0 Å². The van der Waals surface area contributed by atoms with E-state index in [4.69, 9.17) is 11.6 Å². The molecule has 2 heterocycles. The largest absolute Gasteiger partial charge is 0.370 e. The predicted octanol–water partition coefficient (Wildman–Crippen LogP) is 1.88. The molecule has 1 aliphatic rings. The molecule has 0 amide bonds. The number of nitrogens with zero attached hydrogens (tertiary/aromatic N) is 3. The highest BCUT2D eigenvalue weighted by Gasteiger charge is 2.16. The molecule has 0 aliphatic carbocycles. The Hall–Kier alpha value is -0.870.